The van der Waals surface area contributed by atoms with Crippen LogP contribution in [0.15, 0.2) is 78.9 Å². The minimum atomic E-state index is -1.04. The Balaban J connectivity index is 1.93. The summed E-state index contributed by atoms with van der Waals surface area (Å²) < 4.78 is 1.26. The number of rotatable bonds is 1. The molecule has 0 saturated carbocycles. The molecule has 5 aromatic rings. The summed E-state index contributed by atoms with van der Waals surface area (Å²) in [4.78, 5) is 16.7. The largest absolute Gasteiger partial charge is 0.464 e. The van der Waals surface area contributed by atoms with E-state index in [9.17, 15) is 9.90 Å². The maximum atomic E-state index is 11.9. The van der Waals surface area contributed by atoms with Crippen LogP contribution >= 0.6 is 0 Å². The van der Waals surface area contributed by atoms with E-state index in [0.717, 1.165) is 27.1 Å². The fourth-order valence-corrected chi connectivity index (χ4v) is 3.60. The number of fused-ring (bicyclic) bond motifs is 5. The number of benzene rings is 4. The molecule has 4 nitrogen and oxygen atoms in total. The predicted octanol–water partition coefficient (Wildman–Crippen LogP) is 5.54. The maximum absolute atomic E-state index is 11.9. The van der Waals surface area contributed by atoms with Gasteiger partial charge in [-0.15, -0.1) is 0 Å². The first kappa shape index (κ1) is 14.7. The highest BCUT2D eigenvalue weighted by Gasteiger charge is 2.19. The zero-order valence-corrected chi connectivity index (χ0v) is 13.8. The third kappa shape index (κ3) is 2.02. The molecule has 0 atom stereocenters. The van der Waals surface area contributed by atoms with Gasteiger partial charge in [0, 0.05) is 10.9 Å². The lowest BCUT2D eigenvalue weighted by Crippen LogP contribution is -2.09. The van der Waals surface area contributed by atoms with Crippen LogP contribution in [-0.2, 0) is 0 Å². The van der Waals surface area contributed by atoms with Crippen molar-refractivity contribution in [3.8, 4) is 11.4 Å². The Morgan fingerprint density at radius 1 is 0.769 bits per heavy atom. The van der Waals surface area contributed by atoms with E-state index in [1.807, 2.05) is 60.7 Å². The van der Waals surface area contributed by atoms with Gasteiger partial charge in [0.1, 0.15) is 0 Å². The van der Waals surface area contributed by atoms with E-state index in [-0.39, 0.29) is 0 Å². The summed E-state index contributed by atoms with van der Waals surface area (Å²) in [7, 11) is 0. The Hall–Kier alpha value is -3.66. The van der Waals surface area contributed by atoms with Crippen molar-refractivity contribution in [1.82, 2.24) is 9.55 Å². The molecule has 0 aliphatic heterocycles. The second-order valence-corrected chi connectivity index (χ2v) is 6.23. The number of carbonyl (C=O) groups is 1. The lowest BCUT2D eigenvalue weighted by Gasteiger charge is -2.05. The van der Waals surface area contributed by atoms with Crippen LogP contribution in [0.25, 0.3) is 44.0 Å². The van der Waals surface area contributed by atoms with E-state index < -0.39 is 6.09 Å². The Labute approximate surface area is 148 Å². The third-order valence-electron chi connectivity index (χ3n) is 4.77. The summed E-state index contributed by atoms with van der Waals surface area (Å²) >= 11 is 0. The first-order valence-electron chi connectivity index (χ1n) is 8.36. The van der Waals surface area contributed by atoms with Gasteiger partial charge in [0.25, 0.3) is 0 Å². The quantitative estimate of drug-likeness (QED) is 0.409. The standard InChI is InChI=1S/C22H14N2O2/c25-22(26)24-19-13-12-17-16-9-5-4-6-14(16)10-11-18(17)20(19)23-21(24)15-7-2-1-3-8-15/h1-13H,(H,25,26). The normalized spacial score (nSPS) is 11.4. The Morgan fingerprint density at radius 3 is 2.31 bits per heavy atom. The van der Waals surface area contributed by atoms with Gasteiger partial charge in [-0.1, -0.05) is 72.8 Å². The van der Waals surface area contributed by atoms with E-state index in [0.29, 0.717) is 16.9 Å². The summed E-state index contributed by atoms with van der Waals surface area (Å²) in [5.41, 5.74) is 2.08. The van der Waals surface area contributed by atoms with Crippen LogP contribution in [0.3, 0.4) is 0 Å². The molecule has 1 aromatic heterocycles. The van der Waals surface area contributed by atoms with Crippen molar-refractivity contribution < 1.29 is 9.90 Å². The molecule has 0 aliphatic rings. The van der Waals surface area contributed by atoms with Gasteiger partial charge < -0.3 is 5.11 Å². The molecule has 1 heterocycles. The minimum Gasteiger partial charge on any atom is -0.464 e. The zero-order valence-electron chi connectivity index (χ0n) is 13.8. The third-order valence-corrected chi connectivity index (χ3v) is 4.77. The van der Waals surface area contributed by atoms with Crippen molar-refractivity contribution in [3.05, 3.63) is 78.9 Å². The monoisotopic (exact) mass is 338 g/mol. The van der Waals surface area contributed by atoms with E-state index in [1.54, 1.807) is 0 Å². The average Bonchev–Trinajstić information content (AvgIpc) is 3.08. The molecule has 0 fully saturated rings. The SMILES string of the molecule is O=C(O)n1c(-c2ccccc2)nc2c3ccc4ccccc4c3ccc21. The van der Waals surface area contributed by atoms with E-state index >= 15 is 0 Å². The van der Waals surface area contributed by atoms with Gasteiger partial charge in [0.05, 0.1) is 11.0 Å². The Morgan fingerprint density at radius 2 is 1.50 bits per heavy atom. The summed E-state index contributed by atoms with van der Waals surface area (Å²) in [5, 5.41) is 14.1. The molecule has 1 N–H and O–H groups in total. The number of aromatic nitrogens is 2. The van der Waals surface area contributed by atoms with Crippen molar-refractivity contribution in [2.24, 2.45) is 0 Å². The molecular formula is C22H14N2O2. The van der Waals surface area contributed by atoms with Crippen LogP contribution < -0.4 is 0 Å². The molecule has 0 bridgehead atoms. The van der Waals surface area contributed by atoms with Crippen molar-refractivity contribution in [1.29, 1.82) is 0 Å². The van der Waals surface area contributed by atoms with Gasteiger partial charge in [-0.05, 0) is 22.2 Å². The first-order valence-corrected chi connectivity index (χ1v) is 8.36. The van der Waals surface area contributed by atoms with Crippen molar-refractivity contribution in [2.45, 2.75) is 0 Å². The molecule has 26 heavy (non-hydrogen) atoms. The molecule has 0 spiro atoms. The summed E-state index contributed by atoms with van der Waals surface area (Å²) in [6.07, 6.45) is -1.04. The number of imidazole rings is 1. The fourth-order valence-electron chi connectivity index (χ4n) is 3.60. The van der Waals surface area contributed by atoms with Crippen LogP contribution in [0, 0.1) is 0 Å². The molecule has 0 aliphatic carbocycles. The Kier molecular flexibility index (Phi) is 3.06. The molecule has 4 aromatic carbocycles. The lowest BCUT2D eigenvalue weighted by atomic mass is 10.0. The van der Waals surface area contributed by atoms with Gasteiger partial charge >= 0.3 is 6.09 Å². The number of carboxylic acid groups (broad SMARTS) is 1. The van der Waals surface area contributed by atoms with Gasteiger partial charge in [-0.3, -0.25) is 0 Å². The van der Waals surface area contributed by atoms with Crippen LogP contribution in [-0.4, -0.2) is 20.8 Å². The lowest BCUT2D eigenvalue weighted by molar-refractivity contribution is 0.197. The summed E-state index contributed by atoms with van der Waals surface area (Å²) in [6.45, 7) is 0. The molecule has 4 heteroatoms. The maximum Gasteiger partial charge on any atom is 0.417 e. The second-order valence-electron chi connectivity index (χ2n) is 6.23. The van der Waals surface area contributed by atoms with Gasteiger partial charge in [-0.25, -0.2) is 14.3 Å². The smallest absolute Gasteiger partial charge is 0.417 e. The number of hydrogen-bond acceptors (Lipinski definition) is 2. The fraction of sp³-hybridized carbons (Fsp3) is 0. The van der Waals surface area contributed by atoms with Gasteiger partial charge in [0.15, 0.2) is 5.82 Å². The summed E-state index contributed by atoms with van der Waals surface area (Å²) in [5.74, 6) is 0.439. The second kappa shape index (κ2) is 5.43. The molecule has 0 saturated heterocycles. The van der Waals surface area contributed by atoms with E-state index in [4.69, 9.17) is 4.98 Å². The van der Waals surface area contributed by atoms with Crippen LogP contribution in [0.1, 0.15) is 0 Å². The van der Waals surface area contributed by atoms with Gasteiger partial charge in [0.2, 0.25) is 0 Å². The molecule has 0 unspecified atom stereocenters. The molecule has 0 amide bonds. The van der Waals surface area contributed by atoms with Crippen LogP contribution in [0.2, 0.25) is 0 Å². The highest BCUT2D eigenvalue weighted by Crippen LogP contribution is 2.33. The topological polar surface area (TPSA) is 55.1 Å². The highest BCUT2D eigenvalue weighted by molar-refractivity contribution is 6.16. The molecule has 0 radical (unpaired) electrons. The predicted molar refractivity (Wildman–Crippen MR) is 104 cm³/mol. The average molecular weight is 338 g/mol. The van der Waals surface area contributed by atoms with E-state index in [2.05, 4.69) is 18.2 Å². The zero-order chi connectivity index (χ0) is 17.7. The van der Waals surface area contributed by atoms with Crippen molar-refractivity contribution in [2.75, 3.05) is 0 Å². The number of nitrogens with zero attached hydrogens (tertiary/aromatic N) is 2. The minimum absolute atomic E-state index is 0.439. The van der Waals surface area contributed by atoms with Crippen LogP contribution in [0.4, 0.5) is 4.79 Å². The van der Waals surface area contributed by atoms with Gasteiger partial charge in [-0.2, -0.15) is 0 Å². The van der Waals surface area contributed by atoms with E-state index in [1.165, 1.54) is 4.57 Å². The van der Waals surface area contributed by atoms with Crippen molar-refractivity contribution in [3.63, 3.8) is 0 Å². The Bertz CT molecular complexity index is 1300. The highest BCUT2D eigenvalue weighted by atomic mass is 16.4. The first-order chi connectivity index (χ1) is 12.7. The molecular weight excluding hydrogens is 324 g/mol. The summed E-state index contributed by atoms with van der Waals surface area (Å²) in [6, 6.07) is 25.5. The molecule has 124 valence electrons. The van der Waals surface area contributed by atoms with Crippen LogP contribution in [0.5, 0.6) is 0 Å². The molecule has 5 rings (SSSR count). The van der Waals surface area contributed by atoms with Crippen molar-refractivity contribution >= 4 is 38.7 Å². The number of hydrogen-bond donors (Lipinski definition) is 1.